The number of benzene rings is 1. The van der Waals surface area contributed by atoms with E-state index in [1.165, 1.54) is 12.8 Å². The molecule has 2 nitrogen and oxygen atoms in total. The van der Waals surface area contributed by atoms with E-state index < -0.39 is 0 Å². The van der Waals surface area contributed by atoms with Gasteiger partial charge in [0, 0.05) is 16.1 Å². The minimum absolute atomic E-state index is 0.792. The summed E-state index contributed by atoms with van der Waals surface area (Å²) in [5.74, 6) is 0.925. The second-order valence-electron chi connectivity index (χ2n) is 4.06. The van der Waals surface area contributed by atoms with Crippen LogP contribution in [0.5, 0.6) is 5.75 Å². The molecule has 0 saturated carbocycles. The van der Waals surface area contributed by atoms with Gasteiger partial charge in [-0.05, 0) is 46.6 Å². The minimum atomic E-state index is 0.792. The van der Waals surface area contributed by atoms with Crippen LogP contribution in [0.3, 0.4) is 0 Å². The predicted octanol–water partition coefficient (Wildman–Crippen LogP) is 4.57. The average Bonchev–Trinajstić information content (AvgIpc) is 2.34. The lowest BCUT2D eigenvalue weighted by Gasteiger charge is -2.06. The number of hydrogen-bond acceptors (Lipinski definition) is 2. The van der Waals surface area contributed by atoms with Gasteiger partial charge in [-0.2, -0.15) is 0 Å². The zero-order valence-electron chi connectivity index (χ0n) is 9.95. The number of aromatic nitrogens is 1. The topological polar surface area (TPSA) is 22.1 Å². The molecule has 0 unspecified atom stereocenters. The van der Waals surface area contributed by atoms with Crippen LogP contribution in [0.4, 0.5) is 0 Å². The summed E-state index contributed by atoms with van der Waals surface area (Å²) in [6.07, 6.45) is 5.37. The third-order valence-electron chi connectivity index (χ3n) is 2.64. The Labute approximate surface area is 110 Å². The van der Waals surface area contributed by atoms with Gasteiger partial charge >= 0.3 is 0 Å². The van der Waals surface area contributed by atoms with Gasteiger partial charge in [0.2, 0.25) is 0 Å². The van der Waals surface area contributed by atoms with Crippen molar-refractivity contribution in [2.24, 2.45) is 0 Å². The molecule has 3 heteroatoms. The minimum Gasteiger partial charge on any atom is -0.494 e. The summed E-state index contributed by atoms with van der Waals surface area (Å²) < 4.78 is 6.71. The maximum atomic E-state index is 5.71. The fourth-order valence-electron chi connectivity index (χ4n) is 1.71. The molecule has 0 bridgehead atoms. The van der Waals surface area contributed by atoms with E-state index in [2.05, 4.69) is 33.9 Å². The number of halogens is 1. The van der Waals surface area contributed by atoms with E-state index in [0.29, 0.717) is 0 Å². The largest absolute Gasteiger partial charge is 0.494 e. The van der Waals surface area contributed by atoms with Gasteiger partial charge in [-0.3, -0.25) is 4.98 Å². The molecule has 1 heterocycles. The third-order valence-corrected chi connectivity index (χ3v) is 3.07. The van der Waals surface area contributed by atoms with Crippen molar-refractivity contribution in [1.29, 1.82) is 0 Å². The molecule has 0 aliphatic rings. The maximum Gasteiger partial charge on any atom is 0.120 e. The Balaban J connectivity index is 2.08. The number of fused-ring (bicyclic) bond motifs is 1. The zero-order valence-corrected chi connectivity index (χ0v) is 11.5. The van der Waals surface area contributed by atoms with Crippen molar-refractivity contribution >= 4 is 26.8 Å². The van der Waals surface area contributed by atoms with Gasteiger partial charge in [0.1, 0.15) is 5.75 Å². The van der Waals surface area contributed by atoms with Gasteiger partial charge in [-0.15, -0.1) is 0 Å². The van der Waals surface area contributed by atoms with Crippen molar-refractivity contribution in [3.05, 3.63) is 34.9 Å². The molecule has 0 amide bonds. The molecule has 0 N–H and O–H groups in total. The Morgan fingerprint density at radius 3 is 2.94 bits per heavy atom. The summed E-state index contributed by atoms with van der Waals surface area (Å²) >= 11 is 3.43. The highest BCUT2D eigenvalue weighted by atomic mass is 79.9. The molecule has 17 heavy (non-hydrogen) atoms. The molecule has 2 aromatic rings. The second-order valence-corrected chi connectivity index (χ2v) is 4.98. The lowest BCUT2D eigenvalue weighted by Crippen LogP contribution is -1.96. The van der Waals surface area contributed by atoms with Gasteiger partial charge in [0.25, 0.3) is 0 Å². The second kappa shape index (κ2) is 6.01. The van der Waals surface area contributed by atoms with E-state index in [9.17, 15) is 0 Å². The van der Waals surface area contributed by atoms with Gasteiger partial charge in [0.05, 0.1) is 12.1 Å². The monoisotopic (exact) mass is 293 g/mol. The van der Waals surface area contributed by atoms with E-state index in [0.717, 1.165) is 34.2 Å². The smallest absolute Gasteiger partial charge is 0.120 e. The van der Waals surface area contributed by atoms with Crippen molar-refractivity contribution < 1.29 is 4.74 Å². The fourth-order valence-corrected chi connectivity index (χ4v) is 2.06. The van der Waals surface area contributed by atoms with E-state index in [4.69, 9.17) is 4.74 Å². The van der Waals surface area contributed by atoms with Crippen LogP contribution in [0.1, 0.15) is 26.2 Å². The van der Waals surface area contributed by atoms with E-state index in [1.54, 1.807) is 0 Å². The van der Waals surface area contributed by atoms with Crippen LogP contribution in [-0.4, -0.2) is 11.6 Å². The number of unbranched alkanes of at least 4 members (excludes halogenated alkanes) is 2. The molecule has 0 saturated heterocycles. The standard InChI is InChI=1S/C14H16BrNO/c1-2-3-4-7-17-13-5-6-14-11(9-13)8-12(15)10-16-14/h5-6,8-10H,2-4,7H2,1H3. The Morgan fingerprint density at radius 2 is 2.12 bits per heavy atom. The fraction of sp³-hybridized carbons (Fsp3) is 0.357. The Bertz CT molecular complexity index is 499. The highest BCUT2D eigenvalue weighted by Gasteiger charge is 1.99. The zero-order chi connectivity index (χ0) is 12.1. The molecule has 1 aromatic carbocycles. The summed E-state index contributed by atoms with van der Waals surface area (Å²) in [7, 11) is 0. The summed E-state index contributed by atoms with van der Waals surface area (Å²) in [5, 5.41) is 1.10. The van der Waals surface area contributed by atoms with E-state index >= 15 is 0 Å². The third kappa shape index (κ3) is 3.43. The Morgan fingerprint density at radius 1 is 1.24 bits per heavy atom. The average molecular weight is 294 g/mol. The van der Waals surface area contributed by atoms with E-state index in [1.807, 2.05) is 24.4 Å². The van der Waals surface area contributed by atoms with Crippen molar-refractivity contribution in [2.45, 2.75) is 26.2 Å². The van der Waals surface area contributed by atoms with Crippen LogP contribution in [0, 0.1) is 0 Å². The number of rotatable bonds is 5. The summed E-state index contributed by atoms with van der Waals surface area (Å²) in [5.41, 5.74) is 0.995. The molecule has 0 fully saturated rings. The first-order chi connectivity index (χ1) is 8.29. The van der Waals surface area contributed by atoms with Crippen molar-refractivity contribution in [1.82, 2.24) is 4.98 Å². The lowest BCUT2D eigenvalue weighted by atomic mass is 10.2. The molecule has 0 aliphatic carbocycles. The molecule has 0 spiro atoms. The number of ether oxygens (including phenoxy) is 1. The van der Waals surface area contributed by atoms with Crippen molar-refractivity contribution in [2.75, 3.05) is 6.61 Å². The summed E-state index contributed by atoms with van der Waals surface area (Å²) in [6.45, 7) is 2.99. The van der Waals surface area contributed by atoms with Gasteiger partial charge in [-0.1, -0.05) is 19.8 Å². The quantitative estimate of drug-likeness (QED) is 0.754. The molecule has 0 aliphatic heterocycles. The van der Waals surface area contributed by atoms with Gasteiger partial charge in [-0.25, -0.2) is 0 Å². The van der Waals surface area contributed by atoms with Crippen LogP contribution in [0.2, 0.25) is 0 Å². The predicted molar refractivity (Wildman–Crippen MR) is 74.5 cm³/mol. The van der Waals surface area contributed by atoms with Crippen molar-refractivity contribution in [3.63, 3.8) is 0 Å². The summed E-state index contributed by atoms with van der Waals surface area (Å²) in [4.78, 5) is 4.33. The Kier molecular flexibility index (Phi) is 4.37. The highest BCUT2D eigenvalue weighted by molar-refractivity contribution is 9.10. The van der Waals surface area contributed by atoms with Crippen LogP contribution in [0.15, 0.2) is 34.9 Å². The van der Waals surface area contributed by atoms with Crippen LogP contribution in [0.25, 0.3) is 10.9 Å². The number of nitrogens with zero attached hydrogens (tertiary/aromatic N) is 1. The first-order valence-corrected chi connectivity index (χ1v) is 6.77. The Hall–Kier alpha value is -1.09. The molecular formula is C14H16BrNO. The molecule has 1 aromatic heterocycles. The normalized spacial score (nSPS) is 10.7. The number of pyridine rings is 1. The lowest BCUT2D eigenvalue weighted by molar-refractivity contribution is 0.306. The first-order valence-electron chi connectivity index (χ1n) is 5.97. The van der Waals surface area contributed by atoms with E-state index in [-0.39, 0.29) is 0 Å². The van der Waals surface area contributed by atoms with Gasteiger partial charge in [0.15, 0.2) is 0 Å². The van der Waals surface area contributed by atoms with Crippen LogP contribution >= 0.6 is 15.9 Å². The summed E-state index contributed by atoms with van der Waals surface area (Å²) in [6, 6.07) is 8.08. The molecule has 0 radical (unpaired) electrons. The maximum absolute atomic E-state index is 5.71. The molecule has 0 atom stereocenters. The van der Waals surface area contributed by atoms with Crippen LogP contribution in [-0.2, 0) is 0 Å². The number of hydrogen-bond donors (Lipinski definition) is 0. The molecule has 2 rings (SSSR count). The van der Waals surface area contributed by atoms with Gasteiger partial charge < -0.3 is 4.74 Å². The SMILES string of the molecule is CCCCCOc1ccc2ncc(Br)cc2c1. The highest BCUT2D eigenvalue weighted by Crippen LogP contribution is 2.22. The molecular weight excluding hydrogens is 278 g/mol. The van der Waals surface area contributed by atoms with Crippen LogP contribution < -0.4 is 4.74 Å². The first kappa shape index (κ1) is 12.4. The molecule has 90 valence electrons. The van der Waals surface area contributed by atoms with Crippen molar-refractivity contribution in [3.8, 4) is 5.75 Å².